The van der Waals surface area contributed by atoms with Crippen molar-refractivity contribution in [3.05, 3.63) is 29.8 Å². The molecule has 0 spiro atoms. The number of nitrogens with one attached hydrogen (secondary N) is 2. The van der Waals surface area contributed by atoms with Gasteiger partial charge in [-0.25, -0.2) is 4.79 Å². The zero-order chi connectivity index (χ0) is 17.8. The number of amides is 2. The van der Waals surface area contributed by atoms with Crippen LogP contribution in [0.2, 0.25) is 0 Å². The van der Waals surface area contributed by atoms with Gasteiger partial charge in [-0.15, -0.1) is 0 Å². The summed E-state index contributed by atoms with van der Waals surface area (Å²) in [4.78, 5) is 24.8. The molecule has 1 aliphatic heterocycles. The van der Waals surface area contributed by atoms with Crippen LogP contribution in [-0.4, -0.2) is 60.3 Å². The number of hydrogen-bond donors (Lipinski definition) is 3. The topological polar surface area (TPSA) is 90.9 Å². The lowest BCUT2D eigenvalue weighted by molar-refractivity contribution is -0.139. The van der Waals surface area contributed by atoms with Gasteiger partial charge in [-0.2, -0.15) is 0 Å². The molecular formula is C18H25N3O4. The number of carboxylic acid groups (broad SMARTS) is 1. The van der Waals surface area contributed by atoms with Crippen LogP contribution in [0.25, 0.3) is 0 Å². The van der Waals surface area contributed by atoms with E-state index < -0.39 is 5.97 Å². The van der Waals surface area contributed by atoms with Crippen LogP contribution in [0.1, 0.15) is 31.2 Å². The standard InChI is InChI=1S/C18H25N3O4/c1-2-21(10-17(22)23)14-7-13(8-14)20-18(24)19-9-12-11-25-16-6-4-3-5-15(12)16/h3-6,12-14H,2,7-11H2,1H3,(H,22,23)(H2,19,20,24). The molecular weight excluding hydrogens is 322 g/mol. The van der Waals surface area contributed by atoms with Crippen LogP contribution < -0.4 is 15.4 Å². The van der Waals surface area contributed by atoms with Crippen LogP contribution in [0.4, 0.5) is 4.79 Å². The van der Waals surface area contributed by atoms with E-state index in [4.69, 9.17) is 9.84 Å². The Morgan fingerprint density at radius 2 is 2.08 bits per heavy atom. The Morgan fingerprint density at radius 1 is 1.32 bits per heavy atom. The van der Waals surface area contributed by atoms with E-state index in [1.807, 2.05) is 36.1 Å². The molecule has 7 nitrogen and oxygen atoms in total. The SMILES string of the molecule is CCN(CC(=O)O)C1CC(NC(=O)NCC2COc3ccccc32)C1. The Morgan fingerprint density at radius 3 is 2.80 bits per heavy atom. The molecule has 2 aliphatic rings. The molecule has 0 aromatic heterocycles. The summed E-state index contributed by atoms with van der Waals surface area (Å²) in [6.07, 6.45) is 1.59. The first-order valence-corrected chi connectivity index (χ1v) is 8.78. The second-order valence-electron chi connectivity index (χ2n) is 6.68. The second-order valence-corrected chi connectivity index (χ2v) is 6.68. The fourth-order valence-electron chi connectivity index (χ4n) is 3.53. The van der Waals surface area contributed by atoms with Crippen molar-refractivity contribution in [2.24, 2.45) is 0 Å². The Kier molecular flexibility index (Phi) is 5.43. The fourth-order valence-corrected chi connectivity index (χ4v) is 3.53. The van der Waals surface area contributed by atoms with E-state index in [2.05, 4.69) is 10.6 Å². The van der Waals surface area contributed by atoms with Gasteiger partial charge in [0.25, 0.3) is 0 Å². The fraction of sp³-hybridized carbons (Fsp3) is 0.556. The highest BCUT2D eigenvalue weighted by atomic mass is 16.5. The van der Waals surface area contributed by atoms with Crippen molar-refractivity contribution in [1.29, 1.82) is 0 Å². The molecule has 1 unspecified atom stereocenters. The van der Waals surface area contributed by atoms with Gasteiger partial charge in [0.05, 0.1) is 13.2 Å². The van der Waals surface area contributed by atoms with Crippen molar-refractivity contribution in [3.8, 4) is 5.75 Å². The average molecular weight is 347 g/mol. The lowest BCUT2D eigenvalue weighted by atomic mass is 9.85. The number of benzene rings is 1. The molecule has 3 rings (SSSR count). The quantitative estimate of drug-likeness (QED) is 0.694. The molecule has 1 aliphatic carbocycles. The molecule has 0 bridgehead atoms. The molecule has 25 heavy (non-hydrogen) atoms. The Labute approximate surface area is 147 Å². The van der Waals surface area contributed by atoms with Crippen LogP contribution in [0, 0.1) is 0 Å². The molecule has 1 saturated carbocycles. The number of carbonyl (C=O) groups excluding carboxylic acids is 1. The molecule has 1 aromatic rings. The van der Waals surface area contributed by atoms with Gasteiger partial charge in [0.1, 0.15) is 5.75 Å². The minimum absolute atomic E-state index is 0.0567. The molecule has 136 valence electrons. The first kappa shape index (κ1) is 17.5. The van der Waals surface area contributed by atoms with Crippen LogP contribution in [0.5, 0.6) is 5.75 Å². The van der Waals surface area contributed by atoms with Gasteiger partial charge in [-0.05, 0) is 25.5 Å². The smallest absolute Gasteiger partial charge is 0.317 e. The van der Waals surface area contributed by atoms with Crippen LogP contribution in [0.15, 0.2) is 24.3 Å². The van der Waals surface area contributed by atoms with E-state index in [1.165, 1.54) is 0 Å². The number of carboxylic acids is 1. The minimum atomic E-state index is -0.810. The lowest BCUT2D eigenvalue weighted by Gasteiger charge is -2.42. The third-order valence-corrected chi connectivity index (χ3v) is 5.02. The van der Waals surface area contributed by atoms with E-state index in [0.29, 0.717) is 19.7 Å². The first-order valence-electron chi connectivity index (χ1n) is 8.78. The monoisotopic (exact) mass is 347 g/mol. The van der Waals surface area contributed by atoms with Gasteiger partial charge in [-0.3, -0.25) is 9.69 Å². The highest BCUT2D eigenvalue weighted by Crippen LogP contribution is 2.32. The summed E-state index contributed by atoms with van der Waals surface area (Å²) in [7, 11) is 0. The van der Waals surface area contributed by atoms with Crippen molar-refractivity contribution in [2.75, 3.05) is 26.2 Å². The predicted molar refractivity (Wildman–Crippen MR) is 92.9 cm³/mol. The second kappa shape index (κ2) is 7.74. The zero-order valence-corrected chi connectivity index (χ0v) is 14.4. The van der Waals surface area contributed by atoms with Crippen LogP contribution >= 0.6 is 0 Å². The summed E-state index contributed by atoms with van der Waals surface area (Å²) in [5.41, 5.74) is 1.14. The minimum Gasteiger partial charge on any atom is -0.493 e. The number of urea groups is 1. The van der Waals surface area contributed by atoms with Gasteiger partial charge >= 0.3 is 12.0 Å². The maximum absolute atomic E-state index is 12.1. The van der Waals surface area contributed by atoms with E-state index in [0.717, 1.165) is 24.2 Å². The number of carbonyl (C=O) groups is 2. The number of para-hydroxylation sites is 1. The van der Waals surface area contributed by atoms with Gasteiger partial charge < -0.3 is 20.5 Å². The summed E-state index contributed by atoms with van der Waals surface area (Å²) in [5, 5.41) is 14.8. The number of nitrogens with zero attached hydrogens (tertiary/aromatic N) is 1. The third-order valence-electron chi connectivity index (χ3n) is 5.02. The number of rotatable bonds is 7. The van der Waals surface area contributed by atoms with Crippen LogP contribution in [-0.2, 0) is 4.79 Å². The molecule has 1 aromatic carbocycles. The Balaban J connectivity index is 1.38. The predicted octanol–water partition coefficient (Wildman–Crippen LogP) is 1.40. The summed E-state index contributed by atoms with van der Waals surface area (Å²) in [6, 6.07) is 8.07. The van der Waals surface area contributed by atoms with Crippen molar-refractivity contribution >= 4 is 12.0 Å². The summed E-state index contributed by atoms with van der Waals surface area (Å²) >= 11 is 0. The van der Waals surface area contributed by atoms with Gasteiger partial charge in [0, 0.05) is 30.1 Å². The number of ether oxygens (including phenoxy) is 1. The highest BCUT2D eigenvalue weighted by Gasteiger charge is 2.34. The van der Waals surface area contributed by atoms with E-state index >= 15 is 0 Å². The Hall–Kier alpha value is -2.28. The van der Waals surface area contributed by atoms with Gasteiger partial charge in [0.15, 0.2) is 0 Å². The molecule has 0 radical (unpaired) electrons. The molecule has 1 heterocycles. The number of aliphatic carboxylic acids is 1. The average Bonchev–Trinajstić information content (AvgIpc) is 2.97. The maximum atomic E-state index is 12.1. The molecule has 1 fully saturated rings. The largest absolute Gasteiger partial charge is 0.493 e. The number of likely N-dealkylation sites (N-methyl/N-ethyl adjacent to an activating group) is 1. The molecule has 0 saturated heterocycles. The van der Waals surface area contributed by atoms with E-state index in [-0.39, 0.29) is 30.6 Å². The third kappa shape index (κ3) is 4.22. The molecule has 3 N–H and O–H groups in total. The molecule has 2 amide bonds. The van der Waals surface area contributed by atoms with E-state index in [1.54, 1.807) is 0 Å². The van der Waals surface area contributed by atoms with Crippen molar-refractivity contribution in [1.82, 2.24) is 15.5 Å². The van der Waals surface area contributed by atoms with Crippen molar-refractivity contribution < 1.29 is 19.4 Å². The van der Waals surface area contributed by atoms with Crippen molar-refractivity contribution in [2.45, 2.75) is 37.8 Å². The number of hydrogen-bond acceptors (Lipinski definition) is 4. The summed E-state index contributed by atoms with van der Waals surface area (Å²) in [5.74, 6) is 0.270. The lowest BCUT2D eigenvalue weighted by Crippen LogP contribution is -2.56. The molecule has 1 atom stereocenters. The number of fused-ring (bicyclic) bond motifs is 1. The maximum Gasteiger partial charge on any atom is 0.317 e. The first-order chi connectivity index (χ1) is 12.1. The highest BCUT2D eigenvalue weighted by molar-refractivity contribution is 5.74. The van der Waals surface area contributed by atoms with Gasteiger partial charge in [-0.1, -0.05) is 25.1 Å². The Bertz CT molecular complexity index is 631. The summed E-state index contributed by atoms with van der Waals surface area (Å²) in [6.45, 7) is 3.85. The van der Waals surface area contributed by atoms with Crippen LogP contribution in [0.3, 0.4) is 0 Å². The molecule has 7 heteroatoms. The van der Waals surface area contributed by atoms with Gasteiger partial charge in [0.2, 0.25) is 0 Å². The zero-order valence-electron chi connectivity index (χ0n) is 14.4. The summed E-state index contributed by atoms with van der Waals surface area (Å²) < 4.78 is 5.62. The van der Waals surface area contributed by atoms with E-state index in [9.17, 15) is 9.59 Å². The normalized spacial score (nSPS) is 24.2. The van der Waals surface area contributed by atoms with Crippen molar-refractivity contribution in [3.63, 3.8) is 0 Å².